The van der Waals surface area contributed by atoms with E-state index in [4.69, 9.17) is 0 Å². The number of anilines is 2. The number of nitrogens with zero attached hydrogens (tertiary/aromatic N) is 1. The van der Waals surface area contributed by atoms with Crippen molar-refractivity contribution in [3.63, 3.8) is 0 Å². The number of halogens is 3. The van der Waals surface area contributed by atoms with Gasteiger partial charge in [0.1, 0.15) is 0 Å². The maximum atomic E-state index is 12.7. The third-order valence-corrected chi connectivity index (χ3v) is 2.49. The molecule has 1 aliphatic heterocycles. The van der Waals surface area contributed by atoms with Gasteiger partial charge < -0.3 is 10.2 Å². The zero-order valence-electron chi connectivity index (χ0n) is 8.23. The topological polar surface area (TPSA) is 15.3 Å². The number of para-hydroxylation sites is 1. The first-order chi connectivity index (χ1) is 7.00. The lowest BCUT2D eigenvalue weighted by Crippen LogP contribution is -2.32. The molecule has 1 heterocycles. The van der Waals surface area contributed by atoms with Crippen molar-refractivity contribution < 1.29 is 13.2 Å². The Kier molecular flexibility index (Phi) is 2.25. The highest BCUT2D eigenvalue weighted by molar-refractivity contribution is 5.75. The van der Waals surface area contributed by atoms with E-state index in [0.29, 0.717) is 18.8 Å². The summed E-state index contributed by atoms with van der Waals surface area (Å²) in [6, 6.07) is 4.20. The second-order valence-corrected chi connectivity index (χ2v) is 3.55. The largest absolute Gasteiger partial charge is 0.418 e. The van der Waals surface area contributed by atoms with Crippen LogP contribution in [0.2, 0.25) is 0 Å². The molecule has 1 N–H and O–H groups in total. The minimum Gasteiger partial charge on any atom is -0.382 e. The number of hydrogen-bond donors (Lipinski definition) is 1. The Morgan fingerprint density at radius 2 is 2.07 bits per heavy atom. The van der Waals surface area contributed by atoms with Gasteiger partial charge in [0.05, 0.1) is 16.9 Å². The highest BCUT2D eigenvalue weighted by Gasteiger charge is 2.36. The highest BCUT2D eigenvalue weighted by Crippen LogP contribution is 2.41. The van der Waals surface area contributed by atoms with Gasteiger partial charge in [-0.3, -0.25) is 0 Å². The lowest BCUT2D eigenvalue weighted by Gasteiger charge is -2.31. The van der Waals surface area contributed by atoms with E-state index in [9.17, 15) is 13.2 Å². The Labute approximate surface area is 85.7 Å². The molecule has 1 aromatic rings. The molecule has 5 heteroatoms. The van der Waals surface area contributed by atoms with E-state index in [-0.39, 0.29) is 5.69 Å². The fourth-order valence-corrected chi connectivity index (χ4v) is 1.80. The molecule has 0 bridgehead atoms. The predicted molar refractivity (Wildman–Crippen MR) is 53.2 cm³/mol. The molecule has 0 aromatic heterocycles. The Bertz CT molecular complexity index is 373. The first-order valence-electron chi connectivity index (χ1n) is 4.65. The van der Waals surface area contributed by atoms with Crippen LogP contribution < -0.4 is 10.2 Å². The molecule has 0 fully saturated rings. The number of nitrogens with one attached hydrogen (secondary N) is 1. The smallest absolute Gasteiger partial charge is 0.382 e. The van der Waals surface area contributed by atoms with Crippen molar-refractivity contribution in [1.29, 1.82) is 0 Å². The molecule has 0 unspecified atom stereocenters. The van der Waals surface area contributed by atoms with Crippen LogP contribution in [-0.4, -0.2) is 20.1 Å². The summed E-state index contributed by atoms with van der Waals surface area (Å²) in [5, 5.41) is 2.96. The van der Waals surface area contributed by atoms with Crippen LogP contribution in [0.25, 0.3) is 0 Å². The van der Waals surface area contributed by atoms with Crippen LogP contribution in [0.1, 0.15) is 5.56 Å². The fourth-order valence-electron chi connectivity index (χ4n) is 1.80. The Morgan fingerprint density at radius 1 is 1.33 bits per heavy atom. The van der Waals surface area contributed by atoms with Gasteiger partial charge in [0.25, 0.3) is 0 Å². The molecule has 0 spiro atoms. The predicted octanol–water partition coefficient (Wildman–Crippen LogP) is 2.57. The Hall–Kier alpha value is -1.39. The van der Waals surface area contributed by atoms with Crippen LogP contribution in [0.4, 0.5) is 24.5 Å². The van der Waals surface area contributed by atoms with Crippen molar-refractivity contribution in [2.24, 2.45) is 0 Å². The Morgan fingerprint density at radius 3 is 2.73 bits per heavy atom. The molecule has 0 aliphatic carbocycles. The monoisotopic (exact) mass is 216 g/mol. The van der Waals surface area contributed by atoms with Gasteiger partial charge in [-0.1, -0.05) is 6.07 Å². The van der Waals surface area contributed by atoms with Crippen molar-refractivity contribution >= 4 is 11.4 Å². The third kappa shape index (κ3) is 1.73. The number of likely N-dealkylation sites (N-methyl/N-ethyl adjacent to an activating group) is 1. The number of hydrogen-bond acceptors (Lipinski definition) is 2. The average Bonchev–Trinajstić information content (AvgIpc) is 2.16. The second kappa shape index (κ2) is 3.32. The van der Waals surface area contributed by atoms with E-state index in [2.05, 4.69) is 5.32 Å². The third-order valence-electron chi connectivity index (χ3n) is 2.49. The molecule has 15 heavy (non-hydrogen) atoms. The summed E-state index contributed by atoms with van der Waals surface area (Å²) < 4.78 is 38.1. The van der Waals surface area contributed by atoms with Gasteiger partial charge in [-0.15, -0.1) is 0 Å². The first-order valence-corrected chi connectivity index (χ1v) is 4.65. The summed E-state index contributed by atoms with van der Waals surface area (Å²) in [7, 11) is 1.68. The molecule has 0 atom stereocenters. The minimum atomic E-state index is -4.29. The van der Waals surface area contributed by atoms with Crippen LogP contribution in [0.3, 0.4) is 0 Å². The number of alkyl halides is 3. The summed E-state index contributed by atoms with van der Waals surface area (Å²) in [6.07, 6.45) is -4.29. The van der Waals surface area contributed by atoms with Crippen LogP contribution >= 0.6 is 0 Å². The van der Waals surface area contributed by atoms with Crippen molar-refractivity contribution in [1.82, 2.24) is 0 Å². The van der Waals surface area contributed by atoms with Gasteiger partial charge in [0.2, 0.25) is 0 Å². The summed E-state index contributed by atoms with van der Waals surface area (Å²) in [5.74, 6) is 0. The molecule has 0 saturated heterocycles. The first kappa shape index (κ1) is 10.1. The minimum absolute atomic E-state index is 0.247. The molecular formula is C10H11F3N2. The van der Waals surface area contributed by atoms with E-state index in [1.54, 1.807) is 18.0 Å². The van der Waals surface area contributed by atoms with Gasteiger partial charge in [-0.25, -0.2) is 0 Å². The lowest BCUT2D eigenvalue weighted by atomic mass is 10.1. The van der Waals surface area contributed by atoms with Gasteiger partial charge in [0, 0.05) is 20.1 Å². The number of rotatable bonds is 0. The standard InChI is InChI=1S/C10H11F3N2/c1-15-6-5-14-8-4-2-3-7(9(8)15)10(11,12)13/h2-4,14H,5-6H2,1H3. The van der Waals surface area contributed by atoms with Crippen LogP contribution in [0, 0.1) is 0 Å². The van der Waals surface area contributed by atoms with E-state index in [1.807, 2.05) is 0 Å². The molecule has 1 aliphatic rings. The SMILES string of the molecule is CN1CCNc2cccc(C(F)(F)F)c21. The fraction of sp³-hybridized carbons (Fsp3) is 0.400. The van der Waals surface area contributed by atoms with Crippen molar-refractivity contribution in [3.8, 4) is 0 Å². The molecule has 2 nitrogen and oxygen atoms in total. The zero-order chi connectivity index (χ0) is 11.1. The maximum absolute atomic E-state index is 12.7. The van der Waals surface area contributed by atoms with E-state index in [0.717, 1.165) is 6.07 Å². The molecule has 2 rings (SSSR count). The van der Waals surface area contributed by atoms with E-state index < -0.39 is 11.7 Å². The molecular weight excluding hydrogens is 205 g/mol. The van der Waals surface area contributed by atoms with Crippen LogP contribution in [-0.2, 0) is 6.18 Å². The zero-order valence-corrected chi connectivity index (χ0v) is 8.23. The number of fused-ring (bicyclic) bond motifs is 1. The highest BCUT2D eigenvalue weighted by atomic mass is 19.4. The van der Waals surface area contributed by atoms with Crippen molar-refractivity contribution in [2.75, 3.05) is 30.4 Å². The molecule has 0 saturated carbocycles. The summed E-state index contributed by atoms with van der Waals surface area (Å²) in [4.78, 5) is 1.63. The van der Waals surface area contributed by atoms with Gasteiger partial charge in [-0.05, 0) is 12.1 Å². The summed E-state index contributed by atoms with van der Waals surface area (Å²) in [6.45, 7) is 1.25. The number of benzene rings is 1. The van der Waals surface area contributed by atoms with Crippen molar-refractivity contribution in [3.05, 3.63) is 23.8 Å². The van der Waals surface area contributed by atoms with Gasteiger partial charge in [0.15, 0.2) is 0 Å². The lowest BCUT2D eigenvalue weighted by molar-refractivity contribution is -0.137. The van der Waals surface area contributed by atoms with Crippen LogP contribution in [0.15, 0.2) is 18.2 Å². The van der Waals surface area contributed by atoms with Crippen molar-refractivity contribution in [2.45, 2.75) is 6.18 Å². The van der Waals surface area contributed by atoms with Crippen LogP contribution in [0.5, 0.6) is 0 Å². The average molecular weight is 216 g/mol. The Balaban J connectivity index is 2.57. The molecule has 0 amide bonds. The van der Waals surface area contributed by atoms with Gasteiger partial charge in [-0.2, -0.15) is 13.2 Å². The maximum Gasteiger partial charge on any atom is 0.418 e. The van der Waals surface area contributed by atoms with Gasteiger partial charge >= 0.3 is 6.18 Å². The quantitative estimate of drug-likeness (QED) is 0.717. The van der Waals surface area contributed by atoms with E-state index in [1.165, 1.54) is 6.07 Å². The second-order valence-electron chi connectivity index (χ2n) is 3.55. The summed E-state index contributed by atoms with van der Waals surface area (Å²) in [5.41, 5.74) is 0.226. The normalized spacial score (nSPS) is 15.9. The van der Waals surface area contributed by atoms with E-state index >= 15 is 0 Å². The molecule has 0 radical (unpaired) electrons. The summed E-state index contributed by atoms with van der Waals surface area (Å²) >= 11 is 0. The molecule has 1 aromatic carbocycles. The molecule has 82 valence electrons.